The van der Waals surface area contributed by atoms with E-state index in [2.05, 4.69) is 49.4 Å². The number of aryl methyl sites for hydroxylation is 2. The van der Waals surface area contributed by atoms with E-state index in [1.54, 1.807) is 0 Å². The van der Waals surface area contributed by atoms with Crippen LogP contribution in [0.2, 0.25) is 0 Å². The average Bonchev–Trinajstić information content (AvgIpc) is 2.92. The Morgan fingerprint density at radius 1 is 1.35 bits per heavy atom. The van der Waals surface area contributed by atoms with Crippen LogP contribution in [0.4, 0.5) is 5.82 Å². The first-order chi connectivity index (χ1) is 9.42. The van der Waals surface area contributed by atoms with E-state index in [1.165, 1.54) is 30.6 Å². The number of rotatable bonds is 5. The summed E-state index contributed by atoms with van der Waals surface area (Å²) in [5, 5.41) is 4.63. The second kappa shape index (κ2) is 5.76. The summed E-state index contributed by atoms with van der Waals surface area (Å²) in [5.74, 6) is 1.29. The van der Waals surface area contributed by atoms with Crippen molar-refractivity contribution in [3.05, 3.63) is 11.3 Å². The third kappa shape index (κ3) is 2.71. The molecule has 1 aliphatic heterocycles. The molecule has 1 aromatic heterocycles. The van der Waals surface area contributed by atoms with Gasteiger partial charge in [-0.25, -0.2) is 0 Å². The van der Waals surface area contributed by atoms with Gasteiger partial charge in [-0.3, -0.25) is 4.68 Å². The minimum atomic E-state index is 0.182. The lowest BCUT2D eigenvalue weighted by Crippen LogP contribution is -2.29. The predicted molar refractivity (Wildman–Crippen MR) is 85.1 cm³/mol. The summed E-state index contributed by atoms with van der Waals surface area (Å²) in [7, 11) is 2.06. The molecule has 1 aromatic rings. The second-order valence-electron chi connectivity index (χ2n) is 6.57. The zero-order chi connectivity index (χ0) is 14.9. The van der Waals surface area contributed by atoms with E-state index in [1.807, 2.05) is 0 Å². The predicted octanol–water partition coefficient (Wildman–Crippen LogP) is 2.63. The van der Waals surface area contributed by atoms with Crippen LogP contribution in [0.5, 0.6) is 0 Å². The fourth-order valence-corrected chi connectivity index (χ4v) is 3.59. The highest BCUT2D eigenvalue weighted by molar-refractivity contribution is 5.51. The Morgan fingerprint density at radius 2 is 2.00 bits per heavy atom. The van der Waals surface area contributed by atoms with Crippen molar-refractivity contribution in [1.29, 1.82) is 0 Å². The number of nitrogens with zero attached hydrogens (tertiary/aromatic N) is 3. The molecule has 0 spiro atoms. The molecular weight excluding hydrogens is 248 g/mol. The molecular formula is C16H30N4. The molecule has 2 heterocycles. The number of anilines is 1. The van der Waals surface area contributed by atoms with Crippen molar-refractivity contribution in [2.24, 2.45) is 18.2 Å². The van der Waals surface area contributed by atoms with Crippen LogP contribution in [0.15, 0.2) is 0 Å². The SMILES string of the molecule is CCC1(CC)CCN(c2c(CC(C)N)c(C)nn2C)C1. The van der Waals surface area contributed by atoms with Gasteiger partial charge >= 0.3 is 0 Å². The van der Waals surface area contributed by atoms with Gasteiger partial charge in [-0.05, 0) is 44.9 Å². The lowest BCUT2D eigenvalue weighted by Gasteiger charge is -2.27. The quantitative estimate of drug-likeness (QED) is 0.900. The van der Waals surface area contributed by atoms with Crippen molar-refractivity contribution in [2.75, 3.05) is 18.0 Å². The highest BCUT2D eigenvalue weighted by Crippen LogP contribution is 2.40. The lowest BCUT2D eigenvalue weighted by molar-refractivity contribution is 0.301. The van der Waals surface area contributed by atoms with Gasteiger partial charge in [-0.1, -0.05) is 13.8 Å². The van der Waals surface area contributed by atoms with Gasteiger partial charge in [0.15, 0.2) is 0 Å². The molecule has 2 rings (SSSR count). The van der Waals surface area contributed by atoms with Gasteiger partial charge in [0.1, 0.15) is 5.82 Å². The van der Waals surface area contributed by atoms with Crippen LogP contribution >= 0.6 is 0 Å². The van der Waals surface area contributed by atoms with E-state index < -0.39 is 0 Å². The highest BCUT2D eigenvalue weighted by Gasteiger charge is 2.37. The van der Waals surface area contributed by atoms with E-state index in [0.717, 1.165) is 25.2 Å². The molecule has 1 saturated heterocycles. The van der Waals surface area contributed by atoms with Crippen LogP contribution in [0.1, 0.15) is 51.3 Å². The standard InChI is InChI=1S/C16H30N4/c1-6-16(7-2)8-9-20(11-16)15-14(10-12(3)17)13(4)18-19(15)5/h12H,6-11,17H2,1-5H3. The van der Waals surface area contributed by atoms with Gasteiger partial charge < -0.3 is 10.6 Å². The Hall–Kier alpha value is -1.03. The molecule has 2 N–H and O–H groups in total. The molecule has 0 amide bonds. The van der Waals surface area contributed by atoms with Gasteiger partial charge in [-0.2, -0.15) is 5.10 Å². The Bertz CT molecular complexity index is 457. The first-order valence-electron chi connectivity index (χ1n) is 7.95. The number of aromatic nitrogens is 2. The summed E-state index contributed by atoms with van der Waals surface area (Å²) in [6, 6.07) is 0.182. The summed E-state index contributed by atoms with van der Waals surface area (Å²) in [4.78, 5) is 2.53. The number of hydrogen-bond acceptors (Lipinski definition) is 3. The fourth-order valence-electron chi connectivity index (χ4n) is 3.59. The average molecular weight is 278 g/mol. The van der Waals surface area contributed by atoms with E-state index in [-0.39, 0.29) is 6.04 Å². The highest BCUT2D eigenvalue weighted by atomic mass is 15.4. The molecule has 1 unspecified atom stereocenters. The van der Waals surface area contributed by atoms with Crippen LogP contribution in [-0.4, -0.2) is 28.9 Å². The molecule has 1 aliphatic rings. The first kappa shape index (κ1) is 15.4. The minimum absolute atomic E-state index is 0.182. The zero-order valence-corrected chi connectivity index (χ0v) is 13.7. The molecule has 20 heavy (non-hydrogen) atoms. The zero-order valence-electron chi connectivity index (χ0n) is 13.7. The van der Waals surface area contributed by atoms with Gasteiger partial charge in [0.2, 0.25) is 0 Å². The topological polar surface area (TPSA) is 47.1 Å². The maximum atomic E-state index is 6.02. The summed E-state index contributed by atoms with van der Waals surface area (Å²) < 4.78 is 2.05. The number of hydrogen-bond donors (Lipinski definition) is 1. The molecule has 114 valence electrons. The Balaban J connectivity index is 2.30. The van der Waals surface area contributed by atoms with E-state index in [9.17, 15) is 0 Å². The molecule has 0 saturated carbocycles. The summed E-state index contributed by atoms with van der Waals surface area (Å²) in [6.07, 6.45) is 4.73. The molecule has 0 bridgehead atoms. The van der Waals surface area contributed by atoms with Crippen molar-refractivity contribution in [3.63, 3.8) is 0 Å². The Kier molecular flexibility index (Phi) is 4.43. The first-order valence-corrected chi connectivity index (χ1v) is 7.95. The van der Waals surface area contributed by atoms with Gasteiger partial charge in [0.05, 0.1) is 5.69 Å². The van der Waals surface area contributed by atoms with Gasteiger partial charge in [-0.15, -0.1) is 0 Å². The molecule has 0 radical (unpaired) electrons. The largest absolute Gasteiger partial charge is 0.356 e. The third-order valence-electron chi connectivity index (χ3n) is 5.08. The van der Waals surface area contributed by atoms with Crippen LogP contribution in [0, 0.1) is 12.3 Å². The summed E-state index contributed by atoms with van der Waals surface area (Å²) in [6.45, 7) is 11.1. The molecule has 1 fully saturated rings. The number of nitrogens with two attached hydrogens (primary N) is 1. The molecule has 4 nitrogen and oxygen atoms in total. The molecule has 4 heteroatoms. The summed E-state index contributed by atoms with van der Waals surface area (Å²) in [5.41, 5.74) is 8.98. The maximum absolute atomic E-state index is 6.02. The van der Waals surface area contributed by atoms with E-state index in [0.29, 0.717) is 5.41 Å². The second-order valence-corrected chi connectivity index (χ2v) is 6.57. The fraction of sp³-hybridized carbons (Fsp3) is 0.812. The van der Waals surface area contributed by atoms with Crippen LogP contribution in [-0.2, 0) is 13.5 Å². The van der Waals surface area contributed by atoms with Crippen molar-refractivity contribution in [3.8, 4) is 0 Å². The van der Waals surface area contributed by atoms with Crippen LogP contribution in [0.25, 0.3) is 0 Å². The van der Waals surface area contributed by atoms with Gasteiger partial charge in [0.25, 0.3) is 0 Å². The maximum Gasteiger partial charge on any atom is 0.130 e. The van der Waals surface area contributed by atoms with Gasteiger partial charge in [0, 0.05) is 31.7 Å². The van der Waals surface area contributed by atoms with Crippen molar-refractivity contribution in [2.45, 2.75) is 59.4 Å². The van der Waals surface area contributed by atoms with Crippen LogP contribution < -0.4 is 10.6 Å². The normalized spacial score (nSPS) is 19.6. The van der Waals surface area contributed by atoms with E-state index in [4.69, 9.17) is 5.73 Å². The Labute approximate surface area is 123 Å². The minimum Gasteiger partial charge on any atom is -0.356 e. The Morgan fingerprint density at radius 3 is 2.50 bits per heavy atom. The van der Waals surface area contributed by atoms with Crippen LogP contribution in [0.3, 0.4) is 0 Å². The molecule has 0 aromatic carbocycles. The third-order valence-corrected chi connectivity index (χ3v) is 5.08. The van der Waals surface area contributed by atoms with Crippen molar-refractivity contribution >= 4 is 5.82 Å². The summed E-state index contributed by atoms with van der Waals surface area (Å²) >= 11 is 0. The van der Waals surface area contributed by atoms with Crippen molar-refractivity contribution in [1.82, 2.24) is 9.78 Å². The smallest absolute Gasteiger partial charge is 0.130 e. The lowest BCUT2D eigenvalue weighted by atomic mass is 9.82. The molecule has 1 atom stereocenters. The van der Waals surface area contributed by atoms with Crippen molar-refractivity contribution < 1.29 is 0 Å². The molecule has 0 aliphatic carbocycles. The monoisotopic (exact) mass is 278 g/mol. The van der Waals surface area contributed by atoms with E-state index >= 15 is 0 Å².